The number of fused-ring (bicyclic) bond motifs is 1. The third-order valence-electron chi connectivity index (χ3n) is 5.22. The van der Waals surface area contributed by atoms with E-state index in [4.69, 9.17) is 5.73 Å². The molecule has 13 heteroatoms. The lowest BCUT2D eigenvalue weighted by Crippen LogP contribution is -2.13. The van der Waals surface area contributed by atoms with Crippen LogP contribution in [0.15, 0.2) is 48.0 Å². The van der Waals surface area contributed by atoms with Gasteiger partial charge in [0.25, 0.3) is 5.91 Å². The van der Waals surface area contributed by atoms with Crippen LogP contribution in [-0.2, 0) is 12.7 Å². The zero-order valence-corrected chi connectivity index (χ0v) is 18.4. The number of alkyl halides is 3. The second-order valence-electron chi connectivity index (χ2n) is 7.53. The molecule has 5 rings (SSSR count). The molecule has 35 heavy (non-hydrogen) atoms. The highest BCUT2D eigenvalue weighted by molar-refractivity contribution is 7.13. The Morgan fingerprint density at radius 2 is 1.94 bits per heavy atom. The van der Waals surface area contributed by atoms with Gasteiger partial charge in [-0.15, -0.1) is 11.3 Å². The number of benzene rings is 2. The number of rotatable bonds is 5. The molecule has 0 bridgehead atoms. The summed E-state index contributed by atoms with van der Waals surface area (Å²) < 4.78 is 53.3. The van der Waals surface area contributed by atoms with E-state index in [9.17, 15) is 22.4 Å². The number of H-pyrrole nitrogens is 2. The number of aromatic amines is 2. The third kappa shape index (κ3) is 4.38. The van der Waals surface area contributed by atoms with Gasteiger partial charge in [-0.25, -0.2) is 9.37 Å². The van der Waals surface area contributed by atoms with Crippen molar-refractivity contribution in [2.45, 2.75) is 12.7 Å². The topological polar surface area (TPSA) is 125 Å². The molecule has 5 N–H and O–H groups in total. The SMILES string of the molecule is NCc1ccc(F)c(-c2cc3cn[nH]c3cc2NC(=O)c2csc(-c3cc(C(F)(F)F)[nH]n3)n2)c1. The Labute approximate surface area is 198 Å². The van der Waals surface area contributed by atoms with Crippen LogP contribution in [0.25, 0.3) is 32.7 Å². The van der Waals surface area contributed by atoms with Gasteiger partial charge in [0.2, 0.25) is 0 Å². The molecule has 3 heterocycles. The minimum atomic E-state index is -4.58. The molecule has 0 fully saturated rings. The lowest BCUT2D eigenvalue weighted by Gasteiger charge is -2.13. The Kier molecular flexibility index (Phi) is 5.57. The van der Waals surface area contributed by atoms with Gasteiger partial charge in [-0.2, -0.15) is 23.4 Å². The molecule has 0 aliphatic carbocycles. The number of carbonyl (C=O) groups is 1. The highest BCUT2D eigenvalue weighted by Gasteiger charge is 2.33. The summed E-state index contributed by atoms with van der Waals surface area (Å²) in [5.74, 6) is -1.13. The number of hydrogen-bond acceptors (Lipinski definition) is 6. The van der Waals surface area contributed by atoms with E-state index in [1.54, 1.807) is 30.5 Å². The first-order valence-electron chi connectivity index (χ1n) is 10.1. The van der Waals surface area contributed by atoms with Crippen molar-refractivity contribution in [2.24, 2.45) is 5.73 Å². The molecule has 0 spiro atoms. The van der Waals surface area contributed by atoms with Crippen LogP contribution in [0.1, 0.15) is 21.7 Å². The standard InChI is InChI=1S/C22H15F4N7OS/c23-14-2-1-10(7-27)3-12(14)13-4-11-8-28-31-15(11)5-16(13)29-20(34)18-9-35-21(30-18)17-6-19(33-32-17)22(24,25)26/h1-6,8-9H,7,27H2,(H,28,31)(H,29,34)(H,32,33). The summed E-state index contributed by atoms with van der Waals surface area (Å²) in [6.45, 7) is 0.202. The van der Waals surface area contributed by atoms with Crippen molar-refractivity contribution in [3.05, 3.63) is 70.7 Å². The number of thiazole rings is 1. The fraction of sp³-hybridized carbons (Fsp3) is 0.0909. The van der Waals surface area contributed by atoms with Gasteiger partial charge in [0.15, 0.2) is 0 Å². The highest BCUT2D eigenvalue weighted by atomic mass is 32.1. The van der Waals surface area contributed by atoms with Crippen LogP contribution in [0.4, 0.5) is 23.2 Å². The van der Waals surface area contributed by atoms with Gasteiger partial charge in [-0.1, -0.05) is 6.07 Å². The fourth-order valence-electron chi connectivity index (χ4n) is 3.48. The largest absolute Gasteiger partial charge is 0.432 e. The van der Waals surface area contributed by atoms with Gasteiger partial charge in [0.05, 0.1) is 17.4 Å². The summed E-state index contributed by atoms with van der Waals surface area (Å²) in [7, 11) is 0. The van der Waals surface area contributed by atoms with Gasteiger partial charge >= 0.3 is 6.18 Å². The molecular formula is C22H15F4N7OS. The molecule has 178 valence electrons. The van der Waals surface area contributed by atoms with Crippen molar-refractivity contribution in [1.82, 2.24) is 25.4 Å². The molecule has 5 aromatic rings. The van der Waals surface area contributed by atoms with Gasteiger partial charge in [-0.05, 0) is 35.9 Å². The molecule has 2 aromatic carbocycles. The Morgan fingerprint density at radius 3 is 2.69 bits per heavy atom. The van der Waals surface area contributed by atoms with Gasteiger partial charge < -0.3 is 11.1 Å². The predicted molar refractivity (Wildman–Crippen MR) is 122 cm³/mol. The predicted octanol–water partition coefficient (Wildman–Crippen LogP) is 4.95. The first-order valence-corrected chi connectivity index (χ1v) is 11.0. The van der Waals surface area contributed by atoms with Gasteiger partial charge in [-0.3, -0.25) is 15.0 Å². The number of hydrogen-bond donors (Lipinski definition) is 4. The van der Waals surface area contributed by atoms with E-state index in [0.29, 0.717) is 22.0 Å². The number of aromatic nitrogens is 5. The Balaban J connectivity index is 1.49. The van der Waals surface area contributed by atoms with E-state index < -0.39 is 23.6 Å². The number of halogens is 4. The van der Waals surface area contributed by atoms with E-state index in [1.165, 1.54) is 11.4 Å². The van der Waals surface area contributed by atoms with Crippen LogP contribution in [0.5, 0.6) is 0 Å². The summed E-state index contributed by atoms with van der Waals surface area (Å²) in [4.78, 5) is 17.1. The van der Waals surface area contributed by atoms with E-state index in [1.807, 2.05) is 5.10 Å². The summed E-state index contributed by atoms with van der Waals surface area (Å²) in [6, 6.07) is 8.59. The Bertz CT molecular complexity index is 1550. The Morgan fingerprint density at radius 1 is 1.11 bits per heavy atom. The van der Waals surface area contributed by atoms with Crippen molar-refractivity contribution in [3.8, 4) is 21.8 Å². The average Bonchev–Trinajstić information content (AvgIpc) is 3.58. The van der Waals surface area contributed by atoms with Gasteiger partial charge in [0, 0.05) is 28.4 Å². The summed E-state index contributed by atoms with van der Waals surface area (Å²) in [6.07, 6.45) is -3.01. The monoisotopic (exact) mass is 501 g/mol. The van der Waals surface area contributed by atoms with Crippen molar-refractivity contribution < 1.29 is 22.4 Å². The molecule has 0 aliphatic rings. The molecule has 1 amide bonds. The molecule has 0 aliphatic heterocycles. The van der Waals surface area contributed by atoms with Gasteiger partial charge in [0.1, 0.15) is 27.9 Å². The maximum atomic E-state index is 14.8. The van der Waals surface area contributed by atoms with E-state index in [2.05, 4.69) is 25.6 Å². The molecule has 0 saturated heterocycles. The lowest BCUT2D eigenvalue weighted by atomic mass is 9.99. The molecule has 8 nitrogen and oxygen atoms in total. The Hall–Kier alpha value is -4.10. The van der Waals surface area contributed by atoms with Crippen molar-refractivity contribution >= 4 is 33.8 Å². The number of nitrogens with zero attached hydrogens (tertiary/aromatic N) is 3. The smallest absolute Gasteiger partial charge is 0.326 e. The molecule has 0 radical (unpaired) electrons. The second kappa shape index (κ2) is 8.60. The minimum absolute atomic E-state index is 0.0339. The molecule has 3 aromatic heterocycles. The third-order valence-corrected chi connectivity index (χ3v) is 6.09. The zero-order chi connectivity index (χ0) is 24.7. The minimum Gasteiger partial charge on any atom is -0.326 e. The molecular weight excluding hydrogens is 486 g/mol. The summed E-state index contributed by atoms with van der Waals surface area (Å²) >= 11 is 0.966. The number of carbonyl (C=O) groups excluding carboxylic acids is 1. The van der Waals surface area contributed by atoms with Crippen LogP contribution in [0.2, 0.25) is 0 Å². The first kappa shape index (κ1) is 22.7. The number of nitrogens with two attached hydrogens (primary N) is 1. The summed E-state index contributed by atoms with van der Waals surface area (Å²) in [5.41, 5.74) is 6.84. The molecule has 0 atom stereocenters. The van der Waals surface area contributed by atoms with Crippen molar-refractivity contribution in [3.63, 3.8) is 0 Å². The van der Waals surface area contributed by atoms with E-state index >= 15 is 0 Å². The van der Waals surface area contributed by atoms with E-state index in [-0.39, 0.29) is 34.2 Å². The molecule has 0 saturated carbocycles. The fourth-order valence-corrected chi connectivity index (χ4v) is 4.24. The van der Waals surface area contributed by atoms with E-state index in [0.717, 1.165) is 17.4 Å². The second-order valence-corrected chi connectivity index (χ2v) is 8.39. The quantitative estimate of drug-likeness (QED) is 0.254. The number of nitrogens with one attached hydrogen (secondary N) is 3. The van der Waals surface area contributed by atoms with Crippen LogP contribution in [0, 0.1) is 5.82 Å². The van der Waals surface area contributed by atoms with Crippen LogP contribution < -0.4 is 11.1 Å². The van der Waals surface area contributed by atoms with Crippen LogP contribution in [0.3, 0.4) is 0 Å². The van der Waals surface area contributed by atoms with Crippen LogP contribution in [-0.4, -0.2) is 31.3 Å². The maximum Gasteiger partial charge on any atom is 0.432 e. The van der Waals surface area contributed by atoms with Crippen molar-refractivity contribution in [1.29, 1.82) is 0 Å². The lowest BCUT2D eigenvalue weighted by molar-refractivity contribution is -0.141. The maximum absolute atomic E-state index is 14.8. The zero-order valence-electron chi connectivity index (χ0n) is 17.6. The average molecular weight is 501 g/mol. The summed E-state index contributed by atoms with van der Waals surface area (Å²) in [5, 5.41) is 17.3. The van der Waals surface area contributed by atoms with Crippen LogP contribution >= 0.6 is 11.3 Å². The normalized spacial score (nSPS) is 11.8. The molecule has 0 unspecified atom stereocenters. The number of anilines is 1. The highest BCUT2D eigenvalue weighted by Crippen LogP contribution is 2.35. The first-order chi connectivity index (χ1) is 16.7. The van der Waals surface area contributed by atoms with Crippen molar-refractivity contribution in [2.75, 3.05) is 5.32 Å². The number of amides is 1.